The predicted molar refractivity (Wildman–Crippen MR) is 117 cm³/mol. The number of halogens is 2. The van der Waals surface area contributed by atoms with Gasteiger partial charge in [0.15, 0.2) is 5.82 Å². The third-order valence-electron chi connectivity index (χ3n) is 3.90. The summed E-state index contributed by atoms with van der Waals surface area (Å²) >= 11 is 8.32. The number of aromatic nitrogens is 6. The van der Waals surface area contributed by atoms with E-state index in [9.17, 15) is 4.79 Å². The van der Waals surface area contributed by atoms with E-state index in [0.717, 1.165) is 9.13 Å². The van der Waals surface area contributed by atoms with Crippen LogP contribution in [0.1, 0.15) is 16.3 Å². The van der Waals surface area contributed by atoms with E-state index in [1.165, 1.54) is 0 Å². The molecule has 4 rings (SSSR count). The largest absolute Gasteiger partial charge is 0.289 e. The Labute approximate surface area is 184 Å². The molecular weight excluding hydrogens is 505 g/mol. The number of nitrogens with one attached hydrogen (secondary N) is 2. The van der Waals surface area contributed by atoms with Crippen molar-refractivity contribution in [2.24, 2.45) is 0 Å². The highest BCUT2D eigenvalue weighted by Crippen LogP contribution is 2.26. The molecule has 0 radical (unpaired) electrons. The van der Waals surface area contributed by atoms with Crippen LogP contribution in [-0.4, -0.2) is 36.0 Å². The van der Waals surface area contributed by atoms with Gasteiger partial charge >= 0.3 is 0 Å². The Morgan fingerprint density at radius 3 is 2.72 bits per heavy atom. The first-order chi connectivity index (χ1) is 14.0. The fraction of sp³-hybridized carbons (Fsp3) is 0.0526. The summed E-state index contributed by atoms with van der Waals surface area (Å²) in [5.41, 5.74) is 2.27. The molecular formula is C19H13ClIN7O. The summed E-state index contributed by atoms with van der Waals surface area (Å²) in [6.07, 6.45) is 1.65. The lowest BCUT2D eigenvalue weighted by Crippen LogP contribution is -2.16. The number of amides is 1. The number of rotatable bonds is 4. The smallest absolute Gasteiger partial charge is 0.276 e. The van der Waals surface area contributed by atoms with E-state index in [1.807, 2.05) is 18.2 Å². The minimum Gasteiger partial charge on any atom is -0.289 e. The van der Waals surface area contributed by atoms with Crippen LogP contribution in [0.25, 0.3) is 22.8 Å². The summed E-state index contributed by atoms with van der Waals surface area (Å²) < 4.78 is 0.940. The fourth-order valence-electron chi connectivity index (χ4n) is 2.56. The van der Waals surface area contributed by atoms with Gasteiger partial charge in [-0.05, 0) is 59.8 Å². The summed E-state index contributed by atoms with van der Waals surface area (Å²) in [6.45, 7) is 1.72. The number of hydrogen-bond acceptors (Lipinski definition) is 6. The molecule has 0 unspecified atom stereocenters. The number of anilines is 1. The van der Waals surface area contributed by atoms with Gasteiger partial charge in [-0.15, -0.1) is 0 Å². The van der Waals surface area contributed by atoms with Gasteiger partial charge in [0.1, 0.15) is 17.2 Å². The number of aryl methyl sites for hydroxylation is 1. The summed E-state index contributed by atoms with van der Waals surface area (Å²) in [6, 6.07) is 12.6. The van der Waals surface area contributed by atoms with Gasteiger partial charge in [0.2, 0.25) is 5.95 Å². The molecule has 0 saturated carbocycles. The van der Waals surface area contributed by atoms with Crippen LogP contribution in [0.2, 0.25) is 5.02 Å². The highest BCUT2D eigenvalue weighted by molar-refractivity contribution is 14.1. The number of hydrogen-bond donors (Lipinski definition) is 2. The quantitative estimate of drug-likeness (QED) is 0.394. The Kier molecular flexibility index (Phi) is 5.49. The van der Waals surface area contributed by atoms with Crippen molar-refractivity contribution in [2.45, 2.75) is 6.92 Å². The molecule has 0 atom stereocenters. The SMILES string of the molecule is Cc1nc(NC(=O)c2cc(-c3ccc(I)c(Cl)c3)n[nH]2)nc(-c2ccccn2)n1. The van der Waals surface area contributed by atoms with Crippen LogP contribution in [0.4, 0.5) is 5.95 Å². The Bertz CT molecular complexity index is 1200. The first-order valence-electron chi connectivity index (χ1n) is 8.46. The highest BCUT2D eigenvalue weighted by atomic mass is 127. The van der Waals surface area contributed by atoms with Crippen LogP contribution in [0.3, 0.4) is 0 Å². The average molecular weight is 518 g/mol. The molecule has 0 aliphatic heterocycles. The maximum absolute atomic E-state index is 12.6. The molecule has 1 aromatic carbocycles. The number of nitrogens with zero attached hydrogens (tertiary/aromatic N) is 5. The van der Waals surface area contributed by atoms with E-state index in [-0.39, 0.29) is 11.6 Å². The van der Waals surface area contributed by atoms with Crippen molar-refractivity contribution >= 4 is 46.0 Å². The molecule has 29 heavy (non-hydrogen) atoms. The molecule has 0 bridgehead atoms. The highest BCUT2D eigenvalue weighted by Gasteiger charge is 2.15. The number of aromatic amines is 1. The molecule has 8 nitrogen and oxygen atoms in total. The zero-order valence-electron chi connectivity index (χ0n) is 15.0. The third-order valence-corrected chi connectivity index (χ3v) is 5.48. The molecule has 0 spiro atoms. The zero-order valence-corrected chi connectivity index (χ0v) is 17.9. The van der Waals surface area contributed by atoms with Gasteiger partial charge in [0.25, 0.3) is 5.91 Å². The second-order valence-corrected chi connectivity index (χ2v) is 7.56. The third kappa shape index (κ3) is 4.40. The van der Waals surface area contributed by atoms with Crippen LogP contribution in [0.5, 0.6) is 0 Å². The Balaban J connectivity index is 1.56. The van der Waals surface area contributed by atoms with Crippen LogP contribution >= 0.6 is 34.2 Å². The monoisotopic (exact) mass is 517 g/mol. The van der Waals surface area contributed by atoms with Crippen molar-refractivity contribution in [3.8, 4) is 22.8 Å². The van der Waals surface area contributed by atoms with Crippen LogP contribution in [-0.2, 0) is 0 Å². The fourth-order valence-corrected chi connectivity index (χ4v) is 3.07. The lowest BCUT2D eigenvalue weighted by atomic mass is 10.1. The summed E-state index contributed by atoms with van der Waals surface area (Å²) in [5, 5.41) is 10.2. The molecule has 0 aliphatic carbocycles. The normalized spacial score (nSPS) is 10.7. The minimum absolute atomic E-state index is 0.136. The second kappa shape index (κ2) is 8.21. The molecule has 0 aliphatic rings. The molecule has 10 heteroatoms. The number of carbonyl (C=O) groups is 1. The van der Waals surface area contributed by atoms with Crippen molar-refractivity contribution in [1.29, 1.82) is 0 Å². The maximum atomic E-state index is 12.6. The summed E-state index contributed by atoms with van der Waals surface area (Å²) in [5.74, 6) is 0.566. The van der Waals surface area contributed by atoms with E-state index in [2.05, 4.69) is 58.0 Å². The molecule has 4 aromatic rings. The second-order valence-electron chi connectivity index (χ2n) is 5.99. The molecule has 0 fully saturated rings. The lowest BCUT2D eigenvalue weighted by molar-refractivity contribution is 0.102. The van der Waals surface area contributed by atoms with Gasteiger partial charge in [0, 0.05) is 15.3 Å². The number of H-pyrrole nitrogens is 1. The van der Waals surface area contributed by atoms with Gasteiger partial charge in [-0.3, -0.25) is 20.2 Å². The van der Waals surface area contributed by atoms with Gasteiger partial charge in [-0.2, -0.15) is 15.1 Å². The van der Waals surface area contributed by atoms with E-state index in [4.69, 9.17) is 11.6 Å². The number of carbonyl (C=O) groups excluding carboxylic acids is 1. The minimum atomic E-state index is -0.419. The standard InChI is InChI=1S/C19H13ClIN7O/c1-10-23-17(14-4-2-3-7-22-14)25-19(24-10)26-18(29)16-9-15(27-28-16)11-5-6-13(21)12(20)8-11/h2-9H,1H3,(H,27,28)(H,23,24,25,26,29). The summed E-state index contributed by atoms with van der Waals surface area (Å²) in [4.78, 5) is 29.6. The van der Waals surface area contributed by atoms with Crippen molar-refractivity contribution in [3.63, 3.8) is 0 Å². The van der Waals surface area contributed by atoms with E-state index < -0.39 is 5.91 Å². The van der Waals surface area contributed by atoms with Crippen LogP contribution in [0.15, 0.2) is 48.7 Å². The first kappa shape index (κ1) is 19.4. The van der Waals surface area contributed by atoms with Gasteiger partial charge in [-0.25, -0.2) is 4.98 Å². The predicted octanol–water partition coefficient (Wildman–Crippen LogP) is 4.14. The van der Waals surface area contributed by atoms with Gasteiger partial charge < -0.3 is 0 Å². The maximum Gasteiger partial charge on any atom is 0.276 e. The summed E-state index contributed by atoms with van der Waals surface area (Å²) in [7, 11) is 0. The van der Waals surface area contributed by atoms with E-state index in [1.54, 1.807) is 37.4 Å². The molecule has 3 heterocycles. The Morgan fingerprint density at radius 1 is 1.10 bits per heavy atom. The van der Waals surface area contributed by atoms with Crippen molar-refractivity contribution < 1.29 is 4.79 Å². The van der Waals surface area contributed by atoms with Gasteiger partial charge in [0.05, 0.1) is 10.7 Å². The first-order valence-corrected chi connectivity index (χ1v) is 9.91. The van der Waals surface area contributed by atoms with Crippen molar-refractivity contribution in [2.75, 3.05) is 5.32 Å². The van der Waals surface area contributed by atoms with Crippen molar-refractivity contribution in [3.05, 3.63) is 68.8 Å². The topological polar surface area (TPSA) is 109 Å². The van der Waals surface area contributed by atoms with Gasteiger partial charge in [-0.1, -0.05) is 23.7 Å². The van der Waals surface area contributed by atoms with E-state index in [0.29, 0.717) is 28.1 Å². The lowest BCUT2D eigenvalue weighted by Gasteiger charge is -2.05. The Morgan fingerprint density at radius 2 is 1.97 bits per heavy atom. The molecule has 1 amide bonds. The van der Waals surface area contributed by atoms with Crippen LogP contribution in [0, 0.1) is 10.5 Å². The Hall–Kier alpha value is -2.92. The molecule has 144 valence electrons. The number of benzene rings is 1. The molecule has 3 aromatic heterocycles. The number of pyridine rings is 1. The van der Waals surface area contributed by atoms with E-state index >= 15 is 0 Å². The zero-order chi connectivity index (χ0) is 20.4. The molecule has 2 N–H and O–H groups in total. The molecule has 0 saturated heterocycles. The van der Waals surface area contributed by atoms with Crippen molar-refractivity contribution in [1.82, 2.24) is 30.1 Å². The average Bonchev–Trinajstić information content (AvgIpc) is 3.21. The van der Waals surface area contributed by atoms with Crippen LogP contribution < -0.4 is 5.32 Å².